The highest BCUT2D eigenvalue weighted by atomic mass is 32.1. The molecule has 0 radical (unpaired) electrons. The molecule has 5 nitrogen and oxygen atoms in total. The monoisotopic (exact) mass is 479 g/mol. The molecule has 1 aromatic heterocycles. The van der Waals surface area contributed by atoms with Gasteiger partial charge in [-0.25, -0.2) is 4.39 Å². The summed E-state index contributed by atoms with van der Waals surface area (Å²) in [5.74, 6) is -0.0839. The Morgan fingerprint density at radius 2 is 1.62 bits per heavy atom. The van der Waals surface area contributed by atoms with Crippen LogP contribution in [0.3, 0.4) is 0 Å². The highest BCUT2D eigenvalue weighted by Crippen LogP contribution is 2.16. The molecule has 178 valence electrons. The Labute approximate surface area is 204 Å². The fraction of sp³-hybridized carbons (Fsp3) is 0.333. The van der Waals surface area contributed by atoms with E-state index in [0.29, 0.717) is 37.5 Å². The zero-order valence-corrected chi connectivity index (χ0v) is 20.1. The second kappa shape index (κ2) is 11.9. The summed E-state index contributed by atoms with van der Waals surface area (Å²) in [6.45, 7) is 4.79. The summed E-state index contributed by atoms with van der Waals surface area (Å²) in [7, 11) is 0. The molecule has 4 rings (SSSR count). The smallest absolute Gasteiger partial charge is 0.264 e. The van der Waals surface area contributed by atoms with Crippen molar-refractivity contribution in [3.8, 4) is 0 Å². The number of hydrogen-bond acceptors (Lipinski definition) is 4. The highest BCUT2D eigenvalue weighted by molar-refractivity contribution is 7.12. The predicted octanol–water partition coefficient (Wildman–Crippen LogP) is 4.31. The van der Waals surface area contributed by atoms with Gasteiger partial charge in [0, 0.05) is 52.2 Å². The Hall–Kier alpha value is -3.03. The SMILES string of the molecule is O=C(CCc1ccccc1)N1CCN(CCN(Cc2ccc(F)cc2)C(=O)c2cccs2)CC1. The molecule has 0 aliphatic carbocycles. The number of aryl methyl sites for hydroxylation is 1. The summed E-state index contributed by atoms with van der Waals surface area (Å²) in [6, 6.07) is 20.1. The van der Waals surface area contributed by atoms with Crippen molar-refractivity contribution in [2.24, 2.45) is 0 Å². The molecule has 2 heterocycles. The number of thiophene rings is 1. The molecule has 1 aliphatic rings. The fourth-order valence-electron chi connectivity index (χ4n) is 4.16. The van der Waals surface area contributed by atoms with E-state index in [1.54, 1.807) is 12.1 Å². The van der Waals surface area contributed by atoms with Gasteiger partial charge in [-0.1, -0.05) is 48.5 Å². The van der Waals surface area contributed by atoms with Crippen molar-refractivity contribution in [2.75, 3.05) is 39.3 Å². The van der Waals surface area contributed by atoms with Gasteiger partial charge in [0.2, 0.25) is 5.91 Å². The first-order chi connectivity index (χ1) is 16.6. The third-order valence-electron chi connectivity index (χ3n) is 6.19. The van der Waals surface area contributed by atoms with Crippen LogP contribution in [0.15, 0.2) is 72.1 Å². The highest BCUT2D eigenvalue weighted by Gasteiger charge is 2.23. The second-order valence-corrected chi connectivity index (χ2v) is 9.49. The van der Waals surface area contributed by atoms with Gasteiger partial charge in [-0.2, -0.15) is 0 Å². The third-order valence-corrected chi connectivity index (χ3v) is 7.05. The third kappa shape index (κ3) is 6.74. The maximum absolute atomic E-state index is 13.3. The molecule has 1 aliphatic heterocycles. The van der Waals surface area contributed by atoms with Crippen LogP contribution in [0.2, 0.25) is 0 Å². The lowest BCUT2D eigenvalue weighted by molar-refractivity contribution is -0.132. The molecular weight excluding hydrogens is 449 g/mol. The van der Waals surface area contributed by atoms with Crippen molar-refractivity contribution in [3.05, 3.63) is 93.9 Å². The summed E-state index contributed by atoms with van der Waals surface area (Å²) in [5, 5.41) is 1.90. The normalized spacial score (nSPS) is 14.2. The van der Waals surface area contributed by atoms with Gasteiger partial charge in [0.05, 0.1) is 4.88 Å². The van der Waals surface area contributed by atoms with Crippen molar-refractivity contribution in [3.63, 3.8) is 0 Å². The zero-order valence-electron chi connectivity index (χ0n) is 19.2. The van der Waals surface area contributed by atoms with Gasteiger partial charge in [-0.15, -0.1) is 11.3 Å². The van der Waals surface area contributed by atoms with E-state index in [2.05, 4.69) is 17.0 Å². The fourth-order valence-corrected chi connectivity index (χ4v) is 4.85. The molecule has 0 N–H and O–H groups in total. The molecule has 3 aromatic rings. The number of piperazine rings is 1. The molecule has 0 spiro atoms. The molecular formula is C27H30FN3O2S. The topological polar surface area (TPSA) is 43.9 Å². The van der Waals surface area contributed by atoms with Crippen LogP contribution in [0.25, 0.3) is 0 Å². The van der Waals surface area contributed by atoms with Gasteiger partial charge in [0.1, 0.15) is 5.82 Å². The number of hydrogen-bond donors (Lipinski definition) is 0. The minimum atomic E-state index is -0.281. The van der Waals surface area contributed by atoms with Crippen LogP contribution in [-0.2, 0) is 17.8 Å². The molecule has 2 amide bonds. The van der Waals surface area contributed by atoms with Gasteiger partial charge in [-0.05, 0) is 41.1 Å². The van der Waals surface area contributed by atoms with Gasteiger partial charge in [-0.3, -0.25) is 14.5 Å². The lowest BCUT2D eigenvalue weighted by Crippen LogP contribution is -2.50. The number of halogens is 1. The Kier molecular flexibility index (Phi) is 8.44. The van der Waals surface area contributed by atoms with Crippen molar-refractivity contribution in [2.45, 2.75) is 19.4 Å². The van der Waals surface area contributed by atoms with Crippen LogP contribution in [0.1, 0.15) is 27.2 Å². The molecule has 7 heteroatoms. The first-order valence-electron chi connectivity index (χ1n) is 11.7. The van der Waals surface area contributed by atoms with E-state index in [1.165, 1.54) is 29.0 Å². The molecule has 1 fully saturated rings. The van der Waals surface area contributed by atoms with Crippen LogP contribution < -0.4 is 0 Å². The molecule has 34 heavy (non-hydrogen) atoms. The van der Waals surface area contributed by atoms with Crippen LogP contribution in [0.4, 0.5) is 4.39 Å². The summed E-state index contributed by atoms with van der Waals surface area (Å²) < 4.78 is 13.3. The van der Waals surface area contributed by atoms with Crippen LogP contribution in [-0.4, -0.2) is 65.8 Å². The van der Waals surface area contributed by atoms with Gasteiger partial charge >= 0.3 is 0 Å². The second-order valence-electron chi connectivity index (χ2n) is 8.54. The van der Waals surface area contributed by atoms with E-state index in [0.717, 1.165) is 31.6 Å². The number of amides is 2. The number of rotatable bonds is 9. The maximum Gasteiger partial charge on any atom is 0.264 e. The summed E-state index contributed by atoms with van der Waals surface area (Å²) >= 11 is 1.43. The van der Waals surface area contributed by atoms with Crippen molar-refractivity contribution in [1.82, 2.24) is 14.7 Å². The number of benzene rings is 2. The van der Waals surface area contributed by atoms with Gasteiger partial charge in [0.25, 0.3) is 5.91 Å². The predicted molar refractivity (Wildman–Crippen MR) is 133 cm³/mol. The lowest BCUT2D eigenvalue weighted by Gasteiger charge is -2.36. The maximum atomic E-state index is 13.3. The lowest BCUT2D eigenvalue weighted by atomic mass is 10.1. The average Bonchev–Trinajstić information content (AvgIpc) is 3.42. The first-order valence-corrected chi connectivity index (χ1v) is 12.6. The van der Waals surface area contributed by atoms with Crippen LogP contribution >= 0.6 is 11.3 Å². The molecule has 0 saturated carbocycles. The van der Waals surface area contributed by atoms with Gasteiger partial charge in [0.15, 0.2) is 0 Å². The van der Waals surface area contributed by atoms with Crippen molar-refractivity contribution in [1.29, 1.82) is 0 Å². The van der Waals surface area contributed by atoms with Crippen LogP contribution in [0.5, 0.6) is 0 Å². The molecule has 0 atom stereocenters. The van der Waals surface area contributed by atoms with Gasteiger partial charge < -0.3 is 9.80 Å². The Bertz CT molecular complexity index is 1050. The van der Waals surface area contributed by atoms with Crippen LogP contribution in [0, 0.1) is 5.82 Å². The summed E-state index contributed by atoms with van der Waals surface area (Å²) in [6.07, 6.45) is 1.30. The van der Waals surface area contributed by atoms with Crippen molar-refractivity contribution >= 4 is 23.2 Å². The van der Waals surface area contributed by atoms with Crippen molar-refractivity contribution < 1.29 is 14.0 Å². The standard InChI is InChI=1S/C27H30FN3O2S/c28-24-11-8-23(9-12-24)21-31(27(33)25-7-4-20-34-25)19-16-29-14-17-30(18-15-29)26(32)13-10-22-5-2-1-3-6-22/h1-9,11-12,20H,10,13-19,21H2. The average molecular weight is 480 g/mol. The number of nitrogens with zero attached hydrogens (tertiary/aromatic N) is 3. The van der Waals surface area contributed by atoms with E-state index in [4.69, 9.17) is 0 Å². The molecule has 0 bridgehead atoms. The molecule has 2 aromatic carbocycles. The van der Waals surface area contributed by atoms with E-state index in [1.807, 2.05) is 45.5 Å². The van der Waals surface area contributed by atoms with E-state index >= 15 is 0 Å². The Morgan fingerprint density at radius 3 is 2.29 bits per heavy atom. The molecule has 0 unspecified atom stereocenters. The van der Waals surface area contributed by atoms with E-state index in [-0.39, 0.29) is 17.6 Å². The number of carbonyl (C=O) groups excluding carboxylic acids is 2. The largest absolute Gasteiger partial charge is 0.340 e. The van der Waals surface area contributed by atoms with E-state index < -0.39 is 0 Å². The Morgan fingerprint density at radius 1 is 0.882 bits per heavy atom. The quantitative estimate of drug-likeness (QED) is 0.460. The summed E-state index contributed by atoms with van der Waals surface area (Å²) in [5.41, 5.74) is 2.09. The minimum Gasteiger partial charge on any atom is -0.340 e. The zero-order chi connectivity index (χ0) is 23.8. The molecule has 1 saturated heterocycles. The Balaban J connectivity index is 1.27. The number of carbonyl (C=O) groups is 2. The first kappa shape index (κ1) is 24.1. The summed E-state index contributed by atoms with van der Waals surface area (Å²) in [4.78, 5) is 32.5. The van der Waals surface area contributed by atoms with E-state index in [9.17, 15) is 14.0 Å². The minimum absolute atomic E-state index is 0.00551.